The van der Waals surface area contributed by atoms with Crippen molar-refractivity contribution in [2.24, 2.45) is 0 Å². The summed E-state index contributed by atoms with van der Waals surface area (Å²) in [5.41, 5.74) is 0.518. The monoisotopic (exact) mass is 349 g/mol. The van der Waals surface area contributed by atoms with Crippen LogP contribution in [0, 0.1) is 5.82 Å². The van der Waals surface area contributed by atoms with Crippen LogP contribution in [0.4, 0.5) is 10.1 Å². The molecule has 0 unspecified atom stereocenters. The first-order valence-electron chi connectivity index (χ1n) is 6.82. The van der Waals surface area contributed by atoms with Crippen LogP contribution in [0.3, 0.4) is 0 Å². The minimum Gasteiger partial charge on any atom is -0.269 e. The molecule has 118 valence electrons. The van der Waals surface area contributed by atoms with Crippen molar-refractivity contribution in [3.63, 3.8) is 0 Å². The second-order valence-corrected chi connectivity index (χ2v) is 7.46. The summed E-state index contributed by atoms with van der Waals surface area (Å²) in [5.74, 6) is -0.654. The minimum absolute atomic E-state index is 0.0560. The Morgan fingerprint density at radius 2 is 1.65 bits per heavy atom. The topological polar surface area (TPSA) is 37.4 Å². The van der Waals surface area contributed by atoms with E-state index in [2.05, 4.69) is 0 Å². The highest BCUT2D eigenvalue weighted by atomic mass is 35.5. The standard InChI is InChI=1S/C17H13ClFNO2S/c1-20(14-7-6-12-4-2-3-5-13(12)10-14)23(21,22)15-8-9-17(19)16(18)11-15/h2-11H,1H3. The molecular weight excluding hydrogens is 337 g/mol. The lowest BCUT2D eigenvalue weighted by molar-refractivity contribution is 0.593. The normalized spacial score (nSPS) is 11.6. The molecular formula is C17H13ClFNO2S. The van der Waals surface area contributed by atoms with E-state index in [0.717, 1.165) is 27.2 Å². The third-order valence-electron chi connectivity index (χ3n) is 3.65. The highest BCUT2D eigenvalue weighted by Gasteiger charge is 2.22. The van der Waals surface area contributed by atoms with Gasteiger partial charge in [0, 0.05) is 7.05 Å². The van der Waals surface area contributed by atoms with E-state index in [1.54, 1.807) is 12.1 Å². The molecule has 0 aromatic heterocycles. The van der Waals surface area contributed by atoms with Gasteiger partial charge < -0.3 is 0 Å². The zero-order valence-electron chi connectivity index (χ0n) is 12.2. The number of nitrogens with zero attached hydrogens (tertiary/aromatic N) is 1. The lowest BCUT2D eigenvalue weighted by atomic mass is 10.1. The molecule has 0 aliphatic carbocycles. The van der Waals surface area contributed by atoms with Crippen LogP contribution < -0.4 is 4.31 Å². The Morgan fingerprint density at radius 3 is 2.35 bits per heavy atom. The molecule has 0 heterocycles. The van der Waals surface area contributed by atoms with Gasteiger partial charge in [0.25, 0.3) is 10.0 Å². The van der Waals surface area contributed by atoms with E-state index < -0.39 is 15.8 Å². The maximum absolute atomic E-state index is 13.2. The average Bonchev–Trinajstić information content (AvgIpc) is 2.56. The van der Waals surface area contributed by atoms with Gasteiger partial charge >= 0.3 is 0 Å². The highest BCUT2D eigenvalue weighted by molar-refractivity contribution is 7.92. The molecule has 0 saturated carbocycles. The number of rotatable bonds is 3. The molecule has 0 N–H and O–H groups in total. The minimum atomic E-state index is -3.82. The van der Waals surface area contributed by atoms with Crippen molar-refractivity contribution in [3.8, 4) is 0 Å². The number of hydrogen-bond donors (Lipinski definition) is 0. The zero-order valence-corrected chi connectivity index (χ0v) is 13.8. The fourth-order valence-corrected chi connectivity index (χ4v) is 3.77. The van der Waals surface area contributed by atoms with Gasteiger partial charge in [0.1, 0.15) is 5.82 Å². The first kappa shape index (κ1) is 15.8. The smallest absolute Gasteiger partial charge is 0.264 e. The number of hydrogen-bond acceptors (Lipinski definition) is 2. The van der Waals surface area contributed by atoms with Gasteiger partial charge in [-0.3, -0.25) is 4.31 Å². The van der Waals surface area contributed by atoms with Gasteiger partial charge in [0.15, 0.2) is 0 Å². The van der Waals surface area contributed by atoms with Crippen LogP contribution in [0.25, 0.3) is 10.8 Å². The summed E-state index contributed by atoms with van der Waals surface area (Å²) in [5, 5.41) is 1.73. The number of benzene rings is 3. The van der Waals surface area contributed by atoms with Crippen molar-refractivity contribution >= 4 is 38.1 Å². The Bertz CT molecular complexity index is 989. The van der Waals surface area contributed by atoms with Crippen molar-refractivity contribution in [3.05, 3.63) is 71.5 Å². The number of fused-ring (bicyclic) bond motifs is 1. The van der Waals surface area contributed by atoms with Crippen LogP contribution in [-0.2, 0) is 10.0 Å². The molecule has 0 radical (unpaired) electrons. The molecule has 0 amide bonds. The maximum atomic E-state index is 13.2. The summed E-state index contributed by atoms with van der Waals surface area (Å²) >= 11 is 5.69. The van der Waals surface area contributed by atoms with E-state index in [1.165, 1.54) is 13.1 Å². The van der Waals surface area contributed by atoms with Crippen molar-refractivity contribution < 1.29 is 12.8 Å². The van der Waals surface area contributed by atoms with Crippen LogP contribution in [0.1, 0.15) is 0 Å². The van der Waals surface area contributed by atoms with Gasteiger partial charge in [-0.2, -0.15) is 0 Å². The predicted molar refractivity (Wildman–Crippen MR) is 90.9 cm³/mol. The van der Waals surface area contributed by atoms with Crippen LogP contribution >= 0.6 is 11.6 Å². The summed E-state index contributed by atoms with van der Waals surface area (Å²) in [7, 11) is -2.36. The lowest BCUT2D eigenvalue weighted by Crippen LogP contribution is -2.26. The molecule has 6 heteroatoms. The van der Waals surface area contributed by atoms with E-state index in [4.69, 9.17) is 11.6 Å². The zero-order chi connectivity index (χ0) is 16.6. The van der Waals surface area contributed by atoms with E-state index in [-0.39, 0.29) is 9.92 Å². The van der Waals surface area contributed by atoms with Crippen LogP contribution in [0.5, 0.6) is 0 Å². The molecule has 3 nitrogen and oxygen atoms in total. The van der Waals surface area contributed by atoms with Gasteiger partial charge in [-0.1, -0.05) is 41.9 Å². The Balaban J connectivity index is 2.05. The van der Waals surface area contributed by atoms with Gasteiger partial charge in [-0.25, -0.2) is 12.8 Å². The molecule has 0 aliphatic rings. The maximum Gasteiger partial charge on any atom is 0.264 e. The van der Waals surface area contributed by atoms with Crippen molar-refractivity contribution in [1.82, 2.24) is 0 Å². The second kappa shape index (κ2) is 5.83. The van der Waals surface area contributed by atoms with Crippen LogP contribution in [0.2, 0.25) is 5.02 Å². The van der Waals surface area contributed by atoms with Crippen LogP contribution in [-0.4, -0.2) is 15.5 Å². The van der Waals surface area contributed by atoms with Gasteiger partial charge in [-0.05, 0) is 41.1 Å². The number of anilines is 1. The van der Waals surface area contributed by atoms with Crippen molar-refractivity contribution in [2.45, 2.75) is 4.90 Å². The molecule has 0 atom stereocenters. The molecule has 0 bridgehead atoms. The SMILES string of the molecule is CN(c1ccc2ccccc2c1)S(=O)(=O)c1ccc(F)c(Cl)c1. The van der Waals surface area contributed by atoms with Crippen molar-refractivity contribution in [1.29, 1.82) is 0 Å². The summed E-state index contributed by atoms with van der Waals surface area (Å²) < 4.78 is 39.8. The molecule has 3 rings (SSSR count). The first-order valence-corrected chi connectivity index (χ1v) is 8.64. The number of halogens is 2. The Morgan fingerprint density at radius 1 is 0.957 bits per heavy atom. The quantitative estimate of drug-likeness (QED) is 0.700. The Labute approximate surface area is 139 Å². The second-order valence-electron chi connectivity index (χ2n) is 5.08. The van der Waals surface area contributed by atoms with Gasteiger partial charge in [-0.15, -0.1) is 0 Å². The summed E-state index contributed by atoms with van der Waals surface area (Å²) in [6.45, 7) is 0. The summed E-state index contributed by atoms with van der Waals surface area (Å²) in [6, 6.07) is 16.4. The third kappa shape index (κ3) is 2.90. The van der Waals surface area contributed by atoms with E-state index in [1.807, 2.05) is 30.3 Å². The van der Waals surface area contributed by atoms with Gasteiger partial charge in [0.2, 0.25) is 0 Å². The Kier molecular flexibility index (Phi) is 4.00. The largest absolute Gasteiger partial charge is 0.269 e. The fourth-order valence-electron chi connectivity index (χ4n) is 2.31. The molecule has 3 aromatic rings. The summed E-state index contributed by atoms with van der Waals surface area (Å²) in [4.78, 5) is -0.0560. The fraction of sp³-hybridized carbons (Fsp3) is 0.0588. The van der Waals surface area contributed by atoms with E-state index in [0.29, 0.717) is 5.69 Å². The van der Waals surface area contributed by atoms with E-state index in [9.17, 15) is 12.8 Å². The molecule has 0 spiro atoms. The molecule has 23 heavy (non-hydrogen) atoms. The molecule has 3 aromatic carbocycles. The molecule has 0 aliphatic heterocycles. The van der Waals surface area contributed by atoms with E-state index >= 15 is 0 Å². The highest BCUT2D eigenvalue weighted by Crippen LogP contribution is 2.27. The average molecular weight is 350 g/mol. The van der Waals surface area contributed by atoms with Crippen molar-refractivity contribution in [2.75, 3.05) is 11.4 Å². The lowest BCUT2D eigenvalue weighted by Gasteiger charge is -2.20. The molecule has 0 fully saturated rings. The van der Waals surface area contributed by atoms with Gasteiger partial charge in [0.05, 0.1) is 15.6 Å². The summed E-state index contributed by atoms with van der Waals surface area (Å²) in [6.07, 6.45) is 0. The Hall–Kier alpha value is -2.11. The van der Waals surface area contributed by atoms with Crippen LogP contribution in [0.15, 0.2) is 65.6 Å². The third-order valence-corrected chi connectivity index (χ3v) is 5.72. The predicted octanol–water partition coefficient (Wildman–Crippen LogP) is 4.46. The number of sulfonamides is 1. The first-order chi connectivity index (χ1) is 10.9. The molecule has 0 saturated heterocycles.